The summed E-state index contributed by atoms with van der Waals surface area (Å²) in [6, 6.07) is 108. The van der Waals surface area contributed by atoms with Gasteiger partial charge < -0.3 is 14.0 Å². The molecule has 0 bridgehead atoms. The molecule has 0 unspecified atom stereocenters. The van der Waals surface area contributed by atoms with Crippen molar-refractivity contribution in [3.05, 3.63) is 297 Å². The van der Waals surface area contributed by atoms with E-state index in [1.165, 1.54) is 65.9 Å². The third-order valence-electron chi connectivity index (χ3n) is 14.9. The van der Waals surface area contributed by atoms with Crippen molar-refractivity contribution in [1.82, 2.24) is 9.13 Å². The number of para-hydroxylation sites is 4. The Labute approximate surface area is 436 Å². The molecule has 352 valence electrons. The second-order valence-electron chi connectivity index (χ2n) is 19.4. The summed E-state index contributed by atoms with van der Waals surface area (Å²) in [6.45, 7) is 0. The lowest BCUT2D eigenvalue weighted by molar-refractivity contribution is 1.18. The lowest BCUT2D eigenvalue weighted by Gasteiger charge is -2.25. The average Bonchev–Trinajstić information content (AvgIpc) is 4.00. The van der Waals surface area contributed by atoms with Gasteiger partial charge in [-0.2, -0.15) is 0 Å². The largest absolute Gasteiger partial charge is 0.311 e. The minimum Gasteiger partial charge on any atom is -0.311 e. The Morgan fingerprint density at radius 3 is 0.907 bits per heavy atom. The average molecular weight is 956 g/mol. The highest BCUT2D eigenvalue weighted by atomic mass is 15.1. The van der Waals surface area contributed by atoms with Crippen LogP contribution in [0, 0.1) is 0 Å². The van der Waals surface area contributed by atoms with Crippen LogP contribution in [0.25, 0.3) is 111 Å². The number of rotatable bonds is 10. The fourth-order valence-corrected chi connectivity index (χ4v) is 11.3. The molecule has 3 nitrogen and oxygen atoms in total. The fourth-order valence-electron chi connectivity index (χ4n) is 11.3. The lowest BCUT2D eigenvalue weighted by Crippen LogP contribution is -2.09. The molecule has 14 aromatic rings. The molecule has 3 heteroatoms. The van der Waals surface area contributed by atoms with Crippen LogP contribution in [0.3, 0.4) is 0 Å². The van der Waals surface area contributed by atoms with Crippen LogP contribution in [0.4, 0.5) is 17.1 Å². The van der Waals surface area contributed by atoms with Gasteiger partial charge in [0.05, 0.1) is 22.1 Å². The van der Waals surface area contributed by atoms with E-state index < -0.39 is 0 Å². The van der Waals surface area contributed by atoms with E-state index >= 15 is 0 Å². The van der Waals surface area contributed by atoms with Crippen LogP contribution < -0.4 is 4.90 Å². The molecule has 0 aliphatic rings. The summed E-state index contributed by atoms with van der Waals surface area (Å²) in [6.07, 6.45) is 0. The number of aromatic nitrogens is 2. The third-order valence-corrected chi connectivity index (χ3v) is 14.9. The smallest absolute Gasteiger partial charge is 0.0547 e. The molecule has 14 rings (SSSR count). The first-order chi connectivity index (χ1) is 37.2. The molecule has 0 radical (unpaired) electrons. The first-order valence-corrected chi connectivity index (χ1v) is 25.7. The summed E-state index contributed by atoms with van der Waals surface area (Å²) >= 11 is 0. The van der Waals surface area contributed by atoms with Gasteiger partial charge in [0.25, 0.3) is 0 Å². The number of anilines is 3. The van der Waals surface area contributed by atoms with Crippen LogP contribution in [-0.4, -0.2) is 9.13 Å². The van der Waals surface area contributed by atoms with Crippen molar-refractivity contribution in [1.29, 1.82) is 0 Å². The zero-order chi connectivity index (χ0) is 49.7. The lowest BCUT2D eigenvalue weighted by atomic mass is 9.92. The molecule has 75 heavy (non-hydrogen) atoms. The van der Waals surface area contributed by atoms with Gasteiger partial charge >= 0.3 is 0 Å². The predicted molar refractivity (Wildman–Crippen MR) is 317 cm³/mol. The first kappa shape index (κ1) is 43.8. The van der Waals surface area contributed by atoms with Crippen LogP contribution in [-0.2, 0) is 0 Å². The van der Waals surface area contributed by atoms with Crippen molar-refractivity contribution >= 4 is 60.7 Å². The summed E-state index contributed by atoms with van der Waals surface area (Å²) in [4.78, 5) is 2.32. The molecule has 0 spiro atoms. The molecule has 0 amide bonds. The topological polar surface area (TPSA) is 13.1 Å². The minimum atomic E-state index is 1.09. The molecule has 0 fully saturated rings. The fraction of sp³-hybridized carbons (Fsp3) is 0. The van der Waals surface area contributed by atoms with Crippen molar-refractivity contribution in [3.63, 3.8) is 0 Å². The van der Waals surface area contributed by atoms with Gasteiger partial charge in [-0.3, -0.25) is 0 Å². The maximum atomic E-state index is 2.43. The molecule has 2 aromatic heterocycles. The van der Waals surface area contributed by atoms with E-state index in [1.807, 2.05) is 0 Å². The van der Waals surface area contributed by atoms with Crippen LogP contribution in [0.2, 0.25) is 0 Å². The van der Waals surface area contributed by atoms with Crippen molar-refractivity contribution in [2.45, 2.75) is 0 Å². The molecular formula is C72H49N3. The highest BCUT2D eigenvalue weighted by Gasteiger charge is 2.19. The van der Waals surface area contributed by atoms with Crippen LogP contribution in [0.5, 0.6) is 0 Å². The summed E-state index contributed by atoms with van der Waals surface area (Å²) in [5, 5.41) is 4.90. The Morgan fingerprint density at radius 1 is 0.187 bits per heavy atom. The highest BCUT2D eigenvalue weighted by molar-refractivity contribution is 6.13. The van der Waals surface area contributed by atoms with Crippen molar-refractivity contribution in [3.8, 4) is 67.0 Å². The summed E-state index contributed by atoms with van der Waals surface area (Å²) in [5.74, 6) is 0. The van der Waals surface area contributed by atoms with Crippen molar-refractivity contribution in [2.24, 2.45) is 0 Å². The van der Waals surface area contributed by atoms with E-state index in [0.29, 0.717) is 0 Å². The van der Waals surface area contributed by atoms with E-state index in [4.69, 9.17) is 0 Å². The summed E-state index contributed by atoms with van der Waals surface area (Å²) in [5.41, 5.74) is 22.0. The van der Waals surface area contributed by atoms with Gasteiger partial charge in [0, 0.05) is 50.0 Å². The van der Waals surface area contributed by atoms with Crippen LogP contribution >= 0.6 is 0 Å². The quantitative estimate of drug-likeness (QED) is 0.133. The number of nitrogens with zero attached hydrogens (tertiary/aromatic N) is 3. The normalized spacial score (nSPS) is 11.5. The Morgan fingerprint density at radius 2 is 0.493 bits per heavy atom. The maximum absolute atomic E-state index is 2.43. The Bertz CT molecular complexity index is 4090. The first-order valence-electron chi connectivity index (χ1n) is 25.7. The van der Waals surface area contributed by atoms with Gasteiger partial charge in [0.15, 0.2) is 0 Å². The molecule has 2 heterocycles. The maximum Gasteiger partial charge on any atom is 0.0547 e. The van der Waals surface area contributed by atoms with Crippen molar-refractivity contribution < 1.29 is 0 Å². The molecular weight excluding hydrogens is 907 g/mol. The minimum absolute atomic E-state index is 1.09. The Balaban J connectivity index is 0.965. The third kappa shape index (κ3) is 7.95. The zero-order valence-electron chi connectivity index (χ0n) is 41.1. The van der Waals surface area contributed by atoms with Gasteiger partial charge in [-0.25, -0.2) is 0 Å². The monoisotopic (exact) mass is 955 g/mol. The number of benzene rings is 12. The van der Waals surface area contributed by atoms with Crippen molar-refractivity contribution in [2.75, 3.05) is 4.90 Å². The van der Waals surface area contributed by atoms with E-state index in [9.17, 15) is 0 Å². The van der Waals surface area contributed by atoms with Gasteiger partial charge in [-0.05, 0) is 171 Å². The second kappa shape index (κ2) is 18.6. The van der Waals surface area contributed by atoms with Crippen LogP contribution in [0.1, 0.15) is 0 Å². The van der Waals surface area contributed by atoms with E-state index in [0.717, 1.165) is 61.8 Å². The molecule has 0 atom stereocenters. The molecule has 0 saturated heterocycles. The number of fused-ring (bicyclic) bond motifs is 6. The molecule has 0 saturated carbocycles. The van der Waals surface area contributed by atoms with E-state index in [-0.39, 0.29) is 0 Å². The Hall–Kier alpha value is -9.96. The van der Waals surface area contributed by atoms with E-state index in [1.54, 1.807) is 0 Å². The van der Waals surface area contributed by atoms with E-state index in [2.05, 4.69) is 311 Å². The molecule has 12 aromatic carbocycles. The molecule has 0 aliphatic carbocycles. The van der Waals surface area contributed by atoms with Gasteiger partial charge in [0.1, 0.15) is 0 Å². The zero-order valence-corrected chi connectivity index (χ0v) is 41.1. The van der Waals surface area contributed by atoms with Gasteiger partial charge in [0.2, 0.25) is 0 Å². The Kier molecular flexibility index (Phi) is 10.8. The van der Waals surface area contributed by atoms with Gasteiger partial charge in [-0.15, -0.1) is 0 Å². The second-order valence-corrected chi connectivity index (χ2v) is 19.4. The van der Waals surface area contributed by atoms with Gasteiger partial charge in [-0.1, -0.05) is 182 Å². The SMILES string of the molecule is c1ccc(-c2ccc3c(c2)c2ccc(-c4cc(-c5ccc(N(c6ccccc6)c6ccccc6)cc5)cc(-c5ccc6c7cc(-c8ccccc8)ccc7n(-c7ccccc7)c6c5)c4)cc2n3-c2ccccc2)cc1. The molecule has 0 N–H and O–H groups in total. The molecule has 0 aliphatic heterocycles. The summed E-state index contributed by atoms with van der Waals surface area (Å²) in [7, 11) is 0. The number of hydrogen-bond acceptors (Lipinski definition) is 1. The number of hydrogen-bond donors (Lipinski definition) is 0. The van der Waals surface area contributed by atoms with Crippen LogP contribution in [0.15, 0.2) is 297 Å². The standard InChI is InChI=1S/C72H49N3/c1-7-19-50(20-8-1)53-35-41-69-67(46-53)65-39-33-55(48-71(65)74(69)62-27-15-5-16-28-62)58-43-57(52-31-37-64(38-32-52)73(60-23-11-3-12-24-60)61-25-13-4-14-26-61)44-59(45-58)56-34-40-66-68-47-54(51-21-9-2-10-22-51)36-42-70(68)75(72(66)49-56)63-29-17-6-18-30-63/h1-49H. The highest BCUT2D eigenvalue weighted by Crippen LogP contribution is 2.43. The summed E-state index contributed by atoms with van der Waals surface area (Å²) < 4.78 is 4.86. The predicted octanol–water partition coefficient (Wildman–Crippen LogP) is 19.7.